The van der Waals surface area contributed by atoms with Crippen molar-refractivity contribution in [3.8, 4) is 11.3 Å². The van der Waals surface area contributed by atoms with Crippen molar-refractivity contribution in [1.29, 1.82) is 0 Å². The molecule has 9 heteroatoms. The van der Waals surface area contributed by atoms with Crippen LogP contribution in [0.5, 0.6) is 0 Å². The molecular formula is C22H23N5O2S2. The number of hydrogen-bond acceptors (Lipinski definition) is 6. The summed E-state index contributed by atoms with van der Waals surface area (Å²) in [6.07, 6.45) is 5.20. The summed E-state index contributed by atoms with van der Waals surface area (Å²) in [5.41, 5.74) is 4.06. The Morgan fingerprint density at radius 1 is 1.19 bits per heavy atom. The molecule has 7 nitrogen and oxygen atoms in total. The standard InChI is InChI=1S/C22H23N5O2S2/c1-3-16-6-4-5-7-18(16)20-15-30-22(24-20)25-21(28)19-9-8-17(14-23-19)26-10-12-27(13-11-26)31(2)29/h3-9,14-15H,1,10-13H2,2H3,(H,24,25,28). The molecule has 3 aromatic rings. The second-order valence-corrected chi connectivity index (χ2v) is 9.25. The third-order valence-electron chi connectivity index (χ3n) is 5.13. The Kier molecular flexibility index (Phi) is 6.55. The monoisotopic (exact) mass is 453 g/mol. The normalized spacial score (nSPS) is 15.5. The number of pyridine rings is 1. The Bertz CT molecular complexity index is 1110. The third-order valence-corrected chi connectivity index (χ3v) is 6.98. The van der Waals surface area contributed by atoms with Gasteiger partial charge >= 0.3 is 0 Å². The molecule has 3 heterocycles. The summed E-state index contributed by atoms with van der Waals surface area (Å²) in [5.74, 6) is -0.296. The van der Waals surface area contributed by atoms with Gasteiger partial charge in [-0.3, -0.25) is 10.1 Å². The van der Waals surface area contributed by atoms with E-state index in [4.69, 9.17) is 0 Å². The number of anilines is 2. The fourth-order valence-corrected chi connectivity index (χ4v) is 4.82. The molecule has 1 aromatic carbocycles. The molecular weight excluding hydrogens is 430 g/mol. The molecule has 1 aliphatic rings. The molecule has 2 aromatic heterocycles. The molecule has 1 saturated heterocycles. The highest BCUT2D eigenvalue weighted by Crippen LogP contribution is 2.28. The van der Waals surface area contributed by atoms with E-state index in [1.165, 1.54) is 11.3 Å². The number of hydrogen-bond donors (Lipinski definition) is 1. The van der Waals surface area contributed by atoms with E-state index in [-0.39, 0.29) is 5.91 Å². The van der Waals surface area contributed by atoms with Crippen molar-refractivity contribution in [3.63, 3.8) is 0 Å². The largest absolute Gasteiger partial charge is 0.368 e. The van der Waals surface area contributed by atoms with Crippen molar-refractivity contribution in [2.24, 2.45) is 0 Å². The van der Waals surface area contributed by atoms with Gasteiger partial charge < -0.3 is 4.90 Å². The van der Waals surface area contributed by atoms with Gasteiger partial charge in [-0.15, -0.1) is 11.3 Å². The van der Waals surface area contributed by atoms with Gasteiger partial charge in [0.05, 0.1) is 28.6 Å². The van der Waals surface area contributed by atoms with Gasteiger partial charge in [-0.2, -0.15) is 0 Å². The van der Waals surface area contributed by atoms with Gasteiger partial charge in [-0.05, 0) is 17.7 Å². The van der Waals surface area contributed by atoms with E-state index in [0.29, 0.717) is 10.8 Å². The summed E-state index contributed by atoms with van der Waals surface area (Å²) in [6, 6.07) is 11.5. The van der Waals surface area contributed by atoms with Crippen LogP contribution in [0.2, 0.25) is 0 Å². The van der Waals surface area contributed by atoms with Crippen molar-refractivity contribution in [2.75, 3.05) is 42.7 Å². The van der Waals surface area contributed by atoms with Crippen LogP contribution in [0.3, 0.4) is 0 Å². The first-order valence-electron chi connectivity index (χ1n) is 9.83. The Morgan fingerprint density at radius 2 is 1.97 bits per heavy atom. The number of carbonyl (C=O) groups excluding carboxylic acids is 1. The number of carbonyl (C=O) groups is 1. The van der Waals surface area contributed by atoms with Crippen molar-refractivity contribution in [3.05, 3.63) is 65.8 Å². The van der Waals surface area contributed by atoms with Gasteiger partial charge in [0.2, 0.25) is 0 Å². The lowest BCUT2D eigenvalue weighted by Crippen LogP contribution is -2.46. The van der Waals surface area contributed by atoms with Gasteiger partial charge in [0, 0.05) is 43.4 Å². The van der Waals surface area contributed by atoms with Crippen molar-refractivity contribution in [2.45, 2.75) is 0 Å². The predicted molar refractivity (Wildman–Crippen MR) is 128 cm³/mol. The zero-order chi connectivity index (χ0) is 21.8. The van der Waals surface area contributed by atoms with Gasteiger partial charge in [-0.1, -0.05) is 36.9 Å². The number of piperazine rings is 1. The highest BCUT2D eigenvalue weighted by atomic mass is 32.2. The second-order valence-electron chi connectivity index (χ2n) is 7.02. The topological polar surface area (TPSA) is 78.4 Å². The maximum absolute atomic E-state index is 12.6. The molecule has 0 bridgehead atoms. The molecule has 160 valence electrons. The molecule has 0 radical (unpaired) electrons. The van der Waals surface area contributed by atoms with E-state index in [1.54, 1.807) is 24.6 Å². The number of nitrogens with one attached hydrogen (secondary N) is 1. The summed E-state index contributed by atoms with van der Waals surface area (Å²) < 4.78 is 13.5. The van der Waals surface area contributed by atoms with Crippen LogP contribution in [0.15, 0.2) is 54.6 Å². The number of aromatic nitrogens is 2. The van der Waals surface area contributed by atoms with E-state index in [9.17, 15) is 9.00 Å². The van der Waals surface area contributed by atoms with Gasteiger partial charge in [0.25, 0.3) is 5.91 Å². The number of rotatable bonds is 6. The van der Waals surface area contributed by atoms with Crippen LogP contribution < -0.4 is 10.2 Å². The van der Waals surface area contributed by atoms with E-state index in [0.717, 1.165) is 48.7 Å². The minimum atomic E-state index is -0.937. The maximum Gasteiger partial charge on any atom is 0.276 e. The number of benzene rings is 1. The first-order chi connectivity index (χ1) is 15.0. The third kappa shape index (κ3) is 4.90. The van der Waals surface area contributed by atoms with Crippen molar-refractivity contribution < 1.29 is 9.00 Å². The second kappa shape index (κ2) is 9.51. The van der Waals surface area contributed by atoms with Crippen LogP contribution in [0.1, 0.15) is 16.1 Å². The SMILES string of the molecule is C=Cc1ccccc1-c1csc(NC(=O)c2ccc(N3CCN(S(C)=O)CC3)cn2)n1. The smallest absolute Gasteiger partial charge is 0.276 e. The highest BCUT2D eigenvalue weighted by Gasteiger charge is 2.20. The summed E-state index contributed by atoms with van der Waals surface area (Å²) in [6.45, 7) is 6.89. The average Bonchev–Trinajstić information content (AvgIpc) is 3.27. The van der Waals surface area contributed by atoms with E-state index in [2.05, 4.69) is 26.8 Å². The van der Waals surface area contributed by atoms with Gasteiger partial charge in [0.1, 0.15) is 5.69 Å². The molecule has 1 unspecified atom stereocenters. The molecule has 0 aliphatic carbocycles. The molecule has 0 saturated carbocycles. The molecule has 1 fully saturated rings. The quantitative estimate of drug-likeness (QED) is 0.618. The number of amides is 1. The summed E-state index contributed by atoms with van der Waals surface area (Å²) in [5, 5.41) is 5.26. The lowest BCUT2D eigenvalue weighted by Gasteiger charge is -2.34. The van der Waals surface area contributed by atoms with E-state index in [1.807, 2.05) is 40.0 Å². The Labute approximate surface area is 188 Å². The number of nitrogens with zero attached hydrogens (tertiary/aromatic N) is 4. The zero-order valence-corrected chi connectivity index (χ0v) is 18.8. The zero-order valence-electron chi connectivity index (χ0n) is 17.2. The van der Waals surface area contributed by atoms with Gasteiger partial charge in [0.15, 0.2) is 5.13 Å². The first-order valence-corrected chi connectivity index (χ1v) is 12.2. The highest BCUT2D eigenvalue weighted by molar-refractivity contribution is 7.81. The van der Waals surface area contributed by atoms with Crippen LogP contribution in [-0.4, -0.2) is 56.8 Å². The van der Waals surface area contributed by atoms with E-state index < -0.39 is 11.0 Å². The Hall–Kier alpha value is -2.88. The van der Waals surface area contributed by atoms with Crippen LogP contribution in [0.4, 0.5) is 10.8 Å². The lowest BCUT2D eigenvalue weighted by molar-refractivity contribution is 0.102. The molecule has 31 heavy (non-hydrogen) atoms. The predicted octanol–water partition coefficient (Wildman–Crippen LogP) is 3.52. The summed E-state index contributed by atoms with van der Waals surface area (Å²) in [4.78, 5) is 23.7. The molecule has 1 aliphatic heterocycles. The van der Waals surface area contributed by atoms with Gasteiger partial charge in [-0.25, -0.2) is 18.5 Å². The minimum absolute atomic E-state index is 0.296. The Morgan fingerprint density at radius 3 is 2.65 bits per heavy atom. The molecule has 1 N–H and O–H groups in total. The minimum Gasteiger partial charge on any atom is -0.368 e. The fraction of sp³-hybridized carbons (Fsp3) is 0.227. The molecule has 1 amide bonds. The van der Waals surface area contributed by atoms with Crippen LogP contribution >= 0.6 is 11.3 Å². The van der Waals surface area contributed by atoms with Crippen molar-refractivity contribution in [1.82, 2.24) is 14.3 Å². The van der Waals surface area contributed by atoms with Crippen LogP contribution in [0.25, 0.3) is 17.3 Å². The van der Waals surface area contributed by atoms with E-state index >= 15 is 0 Å². The van der Waals surface area contributed by atoms with Crippen LogP contribution in [0, 0.1) is 0 Å². The van der Waals surface area contributed by atoms with Crippen molar-refractivity contribution >= 4 is 45.1 Å². The van der Waals surface area contributed by atoms with Crippen LogP contribution in [-0.2, 0) is 11.0 Å². The number of thiazole rings is 1. The maximum atomic E-state index is 12.6. The summed E-state index contributed by atoms with van der Waals surface area (Å²) >= 11 is 1.37. The fourth-order valence-electron chi connectivity index (χ4n) is 3.44. The first kappa shape index (κ1) is 21.4. The lowest BCUT2D eigenvalue weighted by atomic mass is 10.1. The molecule has 4 rings (SSSR count). The summed E-state index contributed by atoms with van der Waals surface area (Å²) in [7, 11) is -0.937. The Balaban J connectivity index is 1.40. The molecule has 1 atom stereocenters. The molecule has 0 spiro atoms. The average molecular weight is 454 g/mol.